The molecule has 0 bridgehead atoms. The summed E-state index contributed by atoms with van der Waals surface area (Å²) in [6.07, 6.45) is 1.01. The van der Waals surface area contributed by atoms with Crippen LogP contribution in [-0.4, -0.2) is 21.9 Å². The minimum absolute atomic E-state index is 0.0904. The molecule has 142 valence electrons. The summed E-state index contributed by atoms with van der Waals surface area (Å²) in [5.74, 6) is 1.36. The topological polar surface area (TPSA) is 70.2 Å². The van der Waals surface area contributed by atoms with Gasteiger partial charge in [0, 0.05) is 41.8 Å². The largest absolute Gasteiger partial charge is 0.326 e. The van der Waals surface area contributed by atoms with Crippen LogP contribution < -0.4 is 15.5 Å². The third kappa shape index (κ3) is 3.67. The van der Waals surface area contributed by atoms with Crippen LogP contribution in [0.5, 0.6) is 0 Å². The SMILES string of the molecule is CC(=O)Nc1ccc(Nc2nc(C)cc(N3c4ccccc4CC3C)n2)cc1. The Morgan fingerprint density at radius 2 is 1.79 bits per heavy atom. The van der Waals surface area contributed by atoms with E-state index in [9.17, 15) is 4.79 Å². The van der Waals surface area contributed by atoms with Crippen LogP contribution >= 0.6 is 0 Å². The lowest BCUT2D eigenvalue weighted by atomic mass is 10.1. The summed E-state index contributed by atoms with van der Waals surface area (Å²) in [4.78, 5) is 22.7. The quantitative estimate of drug-likeness (QED) is 0.701. The van der Waals surface area contributed by atoms with Crippen molar-refractivity contribution in [2.45, 2.75) is 33.2 Å². The van der Waals surface area contributed by atoms with Crippen molar-refractivity contribution in [2.24, 2.45) is 0 Å². The minimum atomic E-state index is -0.0904. The summed E-state index contributed by atoms with van der Waals surface area (Å²) < 4.78 is 0. The van der Waals surface area contributed by atoms with E-state index in [2.05, 4.69) is 51.7 Å². The number of para-hydroxylation sites is 1. The van der Waals surface area contributed by atoms with Crippen molar-refractivity contribution < 1.29 is 4.79 Å². The number of carbonyl (C=O) groups is 1. The van der Waals surface area contributed by atoms with E-state index in [1.54, 1.807) is 0 Å². The molecule has 1 atom stereocenters. The molecule has 1 aliphatic rings. The van der Waals surface area contributed by atoms with Gasteiger partial charge in [-0.3, -0.25) is 4.79 Å². The van der Waals surface area contributed by atoms with E-state index >= 15 is 0 Å². The molecule has 0 saturated carbocycles. The van der Waals surface area contributed by atoms with Gasteiger partial charge in [0.1, 0.15) is 5.82 Å². The molecule has 0 saturated heterocycles. The van der Waals surface area contributed by atoms with Crippen LogP contribution in [0.2, 0.25) is 0 Å². The first kappa shape index (κ1) is 18.0. The van der Waals surface area contributed by atoms with E-state index in [0.29, 0.717) is 12.0 Å². The number of carbonyl (C=O) groups excluding carboxylic acids is 1. The van der Waals surface area contributed by atoms with Crippen molar-refractivity contribution in [3.63, 3.8) is 0 Å². The number of amides is 1. The van der Waals surface area contributed by atoms with E-state index in [0.717, 1.165) is 29.3 Å². The van der Waals surface area contributed by atoms with Crippen LogP contribution in [-0.2, 0) is 11.2 Å². The molecule has 1 aromatic heterocycles. The second-order valence-corrected chi connectivity index (χ2v) is 7.13. The fourth-order valence-corrected chi connectivity index (χ4v) is 3.62. The Balaban J connectivity index is 1.60. The van der Waals surface area contributed by atoms with E-state index in [1.807, 2.05) is 37.3 Å². The Hall–Kier alpha value is -3.41. The summed E-state index contributed by atoms with van der Waals surface area (Å²) in [5, 5.41) is 6.03. The number of rotatable bonds is 4. The Morgan fingerprint density at radius 1 is 1.07 bits per heavy atom. The first-order chi connectivity index (χ1) is 13.5. The van der Waals surface area contributed by atoms with Crippen LogP contribution in [0.3, 0.4) is 0 Å². The van der Waals surface area contributed by atoms with Crippen molar-refractivity contribution in [3.8, 4) is 0 Å². The molecule has 0 fully saturated rings. The van der Waals surface area contributed by atoms with Gasteiger partial charge in [-0.05, 0) is 56.2 Å². The van der Waals surface area contributed by atoms with E-state index in [1.165, 1.54) is 18.2 Å². The molecule has 1 aliphatic heterocycles. The molecule has 0 radical (unpaired) electrons. The van der Waals surface area contributed by atoms with Gasteiger partial charge in [0.15, 0.2) is 0 Å². The van der Waals surface area contributed by atoms with Gasteiger partial charge in [0.05, 0.1) is 0 Å². The zero-order valence-corrected chi connectivity index (χ0v) is 16.2. The smallest absolute Gasteiger partial charge is 0.229 e. The van der Waals surface area contributed by atoms with Crippen molar-refractivity contribution in [1.82, 2.24) is 9.97 Å². The summed E-state index contributed by atoms with van der Waals surface area (Å²) in [6, 6.07) is 18.3. The van der Waals surface area contributed by atoms with E-state index < -0.39 is 0 Å². The number of hydrogen-bond donors (Lipinski definition) is 2. The third-order valence-electron chi connectivity index (χ3n) is 4.76. The lowest BCUT2D eigenvalue weighted by Crippen LogP contribution is -2.25. The second kappa shape index (κ2) is 7.31. The standard InChI is InChI=1S/C22H23N5O/c1-14-12-21(27-15(2)13-17-6-4-5-7-20(17)27)26-22(23-14)25-19-10-8-18(9-11-19)24-16(3)28/h4-12,15H,13H2,1-3H3,(H,24,28)(H,23,25,26). The van der Waals surface area contributed by atoms with Gasteiger partial charge >= 0.3 is 0 Å². The number of nitrogens with one attached hydrogen (secondary N) is 2. The Kier molecular flexibility index (Phi) is 4.69. The number of hydrogen-bond acceptors (Lipinski definition) is 5. The van der Waals surface area contributed by atoms with Gasteiger partial charge < -0.3 is 15.5 Å². The highest BCUT2D eigenvalue weighted by Gasteiger charge is 2.28. The highest BCUT2D eigenvalue weighted by atomic mass is 16.1. The van der Waals surface area contributed by atoms with Crippen molar-refractivity contribution >= 4 is 34.7 Å². The van der Waals surface area contributed by atoms with Gasteiger partial charge in [-0.1, -0.05) is 18.2 Å². The normalized spacial score (nSPS) is 15.2. The van der Waals surface area contributed by atoms with Crippen molar-refractivity contribution in [3.05, 3.63) is 65.9 Å². The third-order valence-corrected chi connectivity index (χ3v) is 4.76. The second-order valence-electron chi connectivity index (χ2n) is 7.13. The molecule has 2 N–H and O–H groups in total. The van der Waals surface area contributed by atoms with Crippen molar-refractivity contribution in [1.29, 1.82) is 0 Å². The maximum absolute atomic E-state index is 11.2. The van der Waals surface area contributed by atoms with Crippen LogP contribution in [0.1, 0.15) is 25.1 Å². The molecule has 28 heavy (non-hydrogen) atoms. The van der Waals surface area contributed by atoms with Gasteiger partial charge in [0.25, 0.3) is 0 Å². The first-order valence-corrected chi connectivity index (χ1v) is 9.37. The molecular formula is C22H23N5O. The molecule has 6 nitrogen and oxygen atoms in total. The highest BCUT2D eigenvalue weighted by molar-refractivity contribution is 5.88. The fraction of sp³-hybridized carbons (Fsp3) is 0.227. The molecule has 6 heteroatoms. The molecule has 0 aliphatic carbocycles. The van der Waals surface area contributed by atoms with Crippen LogP contribution in [0.15, 0.2) is 54.6 Å². The monoisotopic (exact) mass is 373 g/mol. The number of nitrogens with zero attached hydrogens (tertiary/aromatic N) is 3. The van der Waals surface area contributed by atoms with Crippen LogP contribution in [0.4, 0.5) is 28.8 Å². The summed E-state index contributed by atoms with van der Waals surface area (Å²) in [7, 11) is 0. The lowest BCUT2D eigenvalue weighted by molar-refractivity contribution is -0.114. The molecule has 4 rings (SSSR count). The molecule has 1 amide bonds. The minimum Gasteiger partial charge on any atom is -0.326 e. The number of aromatic nitrogens is 2. The summed E-state index contributed by atoms with van der Waals surface area (Å²) in [5.41, 5.74) is 5.07. The van der Waals surface area contributed by atoms with Crippen molar-refractivity contribution in [2.75, 3.05) is 15.5 Å². The molecule has 0 spiro atoms. The highest BCUT2D eigenvalue weighted by Crippen LogP contribution is 2.37. The predicted molar refractivity (Wildman–Crippen MR) is 113 cm³/mol. The zero-order valence-electron chi connectivity index (χ0n) is 16.2. The van der Waals surface area contributed by atoms with Gasteiger partial charge in [0.2, 0.25) is 11.9 Å². The summed E-state index contributed by atoms with van der Waals surface area (Å²) in [6.45, 7) is 5.68. The number of fused-ring (bicyclic) bond motifs is 1. The Morgan fingerprint density at radius 3 is 2.54 bits per heavy atom. The summed E-state index contributed by atoms with van der Waals surface area (Å²) >= 11 is 0. The molecule has 3 aromatic rings. The van der Waals surface area contributed by atoms with Gasteiger partial charge in [-0.2, -0.15) is 4.98 Å². The Labute approximate surface area is 164 Å². The predicted octanol–water partition coefficient (Wildman–Crippen LogP) is 4.57. The number of benzene rings is 2. The number of aryl methyl sites for hydroxylation is 1. The molecule has 1 unspecified atom stereocenters. The van der Waals surface area contributed by atoms with Gasteiger partial charge in [-0.15, -0.1) is 0 Å². The van der Waals surface area contributed by atoms with Gasteiger partial charge in [-0.25, -0.2) is 4.98 Å². The maximum atomic E-state index is 11.2. The van der Waals surface area contributed by atoms with E-state index in [4.69, 9.17) is 4.98 Å². The molecule has 2 aromatic carbocycles. The molecule has 2 heterocycles. The maximum Gasteiger partial charge on any atom is 0.229 e. The Bertz CT molecular complexity index is 1020. The van der Waals surface area contributed by atoms with E-state index in [-0.39, 0.29) is 5.91 Å². The van der Waals surface area contributed by atoms with Crippen LogP contribution in [0.25, 0.3) is 0 Å². The first-order valence-electron chi connectivity index (χ1n) is 9.37. The van der Waals surface area contributed by atoms with Crippen LogP contribution in [0, 0.1) is 6.92 Å². The molecular weight excluding hydrogens is 350 g/mol. The zero-order chi connectivity index (χ0) is 19.7. The lowest BCUT2D eigenvalue weighted by Gasteiger charge is -2.24. The fourth-order valence-electron chi connectivity index (χ4n) is 3.62. The average molecular weight is 373 g/mol. The number of anilines is 5. The average Bonchev–Trinajstić information content (AvgIpc) is 2.98.